The molecule has 2 aromatic carbocycles. The zero-order valence-corrected chi connectivity index (χ0v) is 11.6. The second-order valence-electron chi connectivity index (χ2n) is 4.60. The highest BCUT2D eigenvalue weighted by Crippen LogP contribution is 2.22. The number of hydrogen-bond acceptors (Lipinski definition) is 3. The summed E-state index contributed by atoms with van der Waals surface area (Å²) in [5.41, 5.74) is 7.87. The zero-order chi connectivity index (χ0) is 14.5. The molecule has 2 N–H and O–H groups in total. The Morgan fingerprint density at radius 2 is 2.00 bits per heavy atom. The minimum atomic E-state index is -0.319. The number of methoxy groups -OCH3 is 1. The van der Waals surface area contributed by atoms with Crippen molar-refractivity contribution >= 4 is 0 Å². The lowest BCUT2D eigenvalue weighted by atomic mass is 10.1. The lowest BCUT2D eigenvalue weighted by Crippen LogP contribution is -2.19. The molecule has 0 fully saturated rings. The number of rotatable bonds is 5. The van der Waals surface area contributed by atoms with Crippen molar-refractivity contribution in [3.8, 4) is 11.5 Å². The van der Waals surface area contributed by atoms with E-state index >= 15 is 0 Å². The van der Waals surface area contributed by atoms with E-state index < -0.39 is 0 Å². The van der Waals surface area contributed by atoms with Crippen molar-refractivity contribution in [1.82, 2.24) is 0 Å². The zero-order valence-electron chi connectivity index (χ0n) is 11.6. The van der Waals surface area contributed by atoms with Crippen LogP contribution in [0.4, 0.5) is 4.39 Å². The maximum Gasteiger partial charge on any atom is 0.126 e. The van der Waals surface area contributed by atoms with Gasteiger partial charge in [0, 0.05) is 6.07 Å². The fourth-order valence-corrected chi connectivity index (χ4v) is 1.88. The van der Waals surface area contributed by atoms with Crippen molar-refractivity contribution in [2.24, 2.45) is 5.73 Å². The predicted molar refractivity (Wildman–Crippen MR) is 76.6 cm³/mol. The second kappa shape index (κ2) is 6.39. The van der Waals surface area contributed by atoms with Crippen LogP contribution in [0.3, 0.4) is 0 Å². The largest absolute Gasteiger partial charge is 0.497 e. The van der Waals surface area contributed by atoms with Crippen LogP contribution in [0, 0.1) is 12.7 Å². The molecule has 0 aliphatic rings. The lowest BCUT2D eigenvalue weighted by molar-refractivity contribution is 0.287. The van der Waals surface area contributed by atoms with Crippen LogP contribution >= 0.6 is 0 Å². The molecule has 1 unspecified atom stereocenters. The van der Waals surface area contributed by atoms with Crippen LogP contribution in [-0.4, -0.2) is 13.7 Å². The predicted octanol–water partition coefficient (Wildman–Crippen LogP) is 3.22. The molecule has 106 valence electrons. The molecule has 4 heteroatoms. The number of benzene rings is 2. The second-order valence-corrected chi connectivity index (χ2v) is 4.60. The van der Waals surface area contributed by atoms with Gasteiger partial charge in [-0.25, -0.2) is 4.39 Å². The van der Waals surface area contributed by atoms with E-state index in [-0.39, 0.29) is 18.5 Å². The quantitative estimate of drug-likeness (QED) is 0.911. The van der Waals surface area contributed by atoms with Crippen molar-refractivity contribution in [3.63, 3.8) is 0 Å². The van der Waals surface area contributed by atoms with Crippen molar-refractivity contribution < 1.29 is 13.9 Å². The van der Waals surface area contributed by atoms with Crippen molar-refractivity contribution in [1.29, 1.82) is 0 Å². The summed E-state index contributed by atoms with van der Waals surface area (Å²) in [4.78, 5) is 0. The van der Waals surface area contributed by atoms with Gasteiger partial charge in [-0.1, -0.05) is 18.2 Å². The van der Waals surface area contributed by atoms with Gasteiger partial charge < -0.3 is 15.2 Å². The summed E-state index contributed by atoms with van der Waals surface area (Å²) in [7, 11) is 1.61. The smallest absolute Gasteiger partial charge is 0.126 e. The fraction of sp³-hybridized carbons (Fsp3) is 0.250. The van der Waals surface area contributed by atoms with Crippen molar-refractivity contribution in [2.75, 3.05) is 13.7 Å². The van der Waals surface area contributed by atoms with Gasteiger partial charge in [0.2, 0.25) is 0 Å². The summed E-state index contributed by atoms with van der Waals surface area (Å²) in [5, 5.41) is 0. The number of halogens is 1. The molecule has 0 amide bonds. The molecular formula is C16H18FNO2. The van der Waals surface area contributed by atoms with E-state index in [1.54, 1.807) is 13.2 Å². The standard InChI is InChI=1S/C16H18FNO2/c1-11-6-7-13(17)9-16(11)20-10-15(18)12-4-3-5-14(8-12)19-2/h3-9,15H,10,18H2,1-2H3. The Bertz CT molecular complexity index is 586. The summed E-state index contributed by atoms with van der Waals surface area (Å²) >= 11 is 0. The van der Waals surface area contributed by atoms with Crippen LogP contribution in [0.25, 0.3) is 0 Å². The van der Waals surface area contributed by atoms with Crippen molar-refractivity contribution in [2.45, 2.75) is 13.0 Å². The normalized spacial score (nSPS) is 12.0. The topological polar surface area (TPSA) is 44.5 Å². The molecule has 2 rings (SSSR count). The maximum absolute atomic E-state index is 13.2. The number of hydrogen-bond donors (Lipinski definition) is 1. The highest BCUT2D eigenvalue weighted by atomic mass is 19.1. The first-order valence-corrected chi connectivity index (χ1v) is 6.38. The molecule has 0 heterocycles. The van der Waals surface area contributed by atoms with E-state index in [1.165, 1.54) is 12.1 Å². The monoisotopic (exact) mass is 275 g/mol. The Balaban J connectivity index is 2.04. The molecule has 0 saturated heterocycles. The third-order valence-corrected chi connectivity index (χ3v) is 3.09. The molecule has 0 radical (unpaired) electrons. The third kappa shape index (κ3) is 3.48. The Hall–Kier alpha value is -2.07. The summed E-state index contributed by atoms with van der Waals surface area (Å²) in [6.45, 7) is 2.14. The van der Waals surface area contributed by atoms with Crippen LogP contribution in [0.1, 0.15) is 17.2 Å². The van der Waals surface area contributed by atoms with Crippen LogP contribution in [0.15, 0.2) is 42.5 Å². The van der Waals surface area contributed by atoms with Crippen molar-refractivity contribution in [3.05, 3.63) is 59.4 Å². The van der Waals surface area contributed by atoms with E-state index in [1.807, 2.05) is 31.2 Å². The molecular weight excluding hydrogens is 257 g/mol. The molecule has 0 aliphatic carbocycles. The third-order valence-electron chi connectivity index (χ3n) is 3.09. The Morgan fingerprint density at radius 1 is 1.20 bits per heavy atom. The van der Waals surface area contributed by atoms with E-state index in [4.69, 9.17) is 15.2 Å². The van der Waals surface area contributed by atoms with Gasteiger partial charge in [-0.05, 0) is 36.2 Å². The van der Waals surface area contributed by atoms with E-state index in [0.717, 1.165) is 16.9 Å². The molecule has 0 saturated carbocycles. The molecule has 0 aromatic heterocycles. The Kier molecular flexibility index (Phi) is 4.58. The first-order chi connectivity index (χ1) is 9.60. The molecule has 0 aliphatic heterocycles. The molecule has 1 atom stereocenters. The van der Waals surface area contributed by atoms with Gasteiger partial charge in [-0.15, -0.1) is 0 Å². The van der Waals surface area contributed by atoms with Gasteiger partial charge in [0.15, 0.2) is 0 Å². The number of aryl methyl sites for hydroxylation is 1. The Morgan fingerprint density at radius 3 is 2.75 bits per heavy atom. The first kappa shape index (κ1) is 14.3. The highest BCUT2D eigenvalue weighted by molar-refractivity contribution is 5.33. The van der Waals surface area contributed by atoms with Crippen LogP contribution in [0.5, 0.6) is 11.5 Å². The minimum absolute atomic E-state index is 0.275. The van der Waals surface area contributed by atoms with Crippen LogP contribution in [0.2, 0.25) is 0 Å². The van der Waals surface area contributed by atoms with Gasteiger partial charge in [0.05, 0.1) is 13.2 Å². The minimum Gasteiger partial charge on any atom is -0.497 e. The average Bonchev–Trinajstić information content (AvgIpc) is 2.48. The Labute approximate surface area is 118 Å². The molecule has 2 aromatic rings. The summed E-state index contributed by atoms with van der Waals surface area (Å²) < 4.78 is 23.9. The van der Waals surface area contributed by atoms with Gasteiger partial charge in [-0.2, -0.15) is 0 Å². The van der Waals surface area contributed by atoms with E-state index in [9.17, 15) is 4.39 Å². The molecule has 0 bridgehead atoms. The lowest BCUT2D eigenvalue weighted by Gasteiger charge is -2.15. The first-order valence-electron chi connectivity index (χ1n) is 6.38. The van der Waals surface area contributed by atoms with Gasteiger partial charge in [0.25, 0.3) is 0 Å². The number of ether oxygens (including phenoxy) is 2. The molecule has 3 nitrogen and oxygen atoms in total. The van der Waals surface area contributed by atoms with Crippen LogP contribution in [-0.2, 0) is 0 Å². The fourth-order valence-electron chi connectivity index (χ4n) is 1.88. The SMILES string of the molecule is COc1cccc(C(N)COc2cc(F)ccc2C)c1. The van der Waals surface area contributed by atoms with E-state index in [0.29, 0.717) is 5.75 Å². The van der Waals surface area contributed by atoms with Gasteiger partial charge >= 0.3 is 0 Å². The molecule has 20 heavy (non-hydrogen) atoms. The van der Waals surface area contributed by atoms with Gasteiger partial charge in [0.1, 0.15) is 23.9 Å². The summed E-state index contributed by atoms with van der Waals surface area (Å²) in [5.74, 6) is 0.948. The highest BCUT2D eigenvalue weighted by Gasteiger charge is 2.09. The van der Waals surface area contributed by atoms with Gasteiger partial charge in [-0.3, -0.25) is 0 Å². The average molecular weight is 275 g/mol. The van der Waals surface area contributed by atoms with Crippen LogP contribution < -0.4 is 15.2 Å². The summed E-state index contributed by atoms with van der Waals surface area (Å²) in [6.07, 6.45) is 0. The van der Waals surface area contributed by atoms with E-state index in [2.05, 4.69) is 0 Å². The molecule has 0 spiro atoms. The maximum atomic E-state index is 13.2. The number of nitrogens with two attached hydrogens (primary N) is 1. The summed E-state index contributed by atoms with van der Waals surface area (Å²) in [6, 6.07) is 11.7.